The first-order valence-electron chi connectivity index (χ1n) is 6.57. The van der Waals surface area contributed by atoms with Gasteiger partial charge in [0.05, 0.1) is 5.60 Å². The Bertz CT molecular complexity index is 175. The molecular formula is C13H27NO. The average Bonchev–Trinajstić information content (AvgIpc) is 2.65. The van der Waals surface area contributed by atoms with Crippen LogP contribution in [-0.2, 0) is 0 Å². The summed E-state index contributed by atoms with van der Waals surface area (Å²) in [5.74, 6) is 0.628. The van der Waals surface area contributed by atoms with E-state index in [1.165, 1.54) is 32.1 Å². The van der Waals surface area contributed by atoms with Crippen LogP contribution in [0.5, 0.6) is 0 Å². The van der Waals surface area contributed by atoms with Crippen LogP contribution in [0.1, 0.15) is 58.8 Å². The maximum absolute atomic E-state index is 10.6. The molecule has 1 aliphatic rings. The summed E-state index contributed by atoms with van der Waals surface area (Å²) in [5.41, 5.74) is -0.426. The van der Waals surface area contributed by atoms with Crippen LogP contribution in [0.4, 0.5) is 0 Å². The van der Waals surface area contributed by atoms with Crippen LogP contribution in [0, 0.1) is 5.92 Å². The van der Waals surface area contributed by atoms with E-state index in [2.05, 4.69) is 19.2 Å². The fourth-order valence-corrected chi connectivity index (χ4v) is 3.22. The van der Waals surface area contributed by atoms with Crippen LogP contribution in [0.15, 0.2) is 0 Å². The highest BCUT2D eigenvalue weighted by molar-refractivity contribution is 4.97. The first kappa shape index (κ1) is 13.0. The average molecular weight is 213 g/mol. The predicted molar refractivity (Wildman–Crippen MR) is 65.0 cm³/mol. The molecule has 15 heavy (non-hydrogen) atoms. The quantitative estimate of drug-likeness (QED) is 0.711. The highest BCUT2D eigenvalue weighted by atomic mass is 16.3. The predicted octanol–water partition coefficient (Wildman–Crippen LogP) is 2.71. The van der Waals surface area contributed by atoms with Gasteiger partial charge in [-0.05, 0) is 32.2 Å². The SMILES string of the molecule is CCCC(CC)C(NC)C1(O)CCCC1. The molecule has 0 saturated heterocycles. The minimum absolute atomic E-state index is 0.296. The van der Waals surface area contributed by atoms with Gasteiger partial charge in [-0.2, -0.15) is 0 Å². The summed E-state index contributed by atoms with van der Waals surface area (Å²) in [6.07, 6.45) is 7.96. The van der Waals surface area contributed by atoms with E-state index in [0.29, 0.717) is 12.0 Å². The van der Waals surface area contributed by atoms with E-state index in [9.17, 15) is 5.11 Å². The van der Waals surface area contributed by atoms with Gasteiger partial charge >= 0.3 is 0 Å². The van der Waals surface area contributed by atoms with E-state index < -0.39 is 5.60 Å². The summed E-state index contributed by atoms with van der Waals surface area (Å²) in [6.45, 7) is 4.47. The number of nitrogens with one attached hydrogen (secondary N) is 1. The van der Waals surface area contributed by atoms with Crippen molar-refractivity contribution in [2.45, 2.75) is 70.4 Å². The van der Waals surface area contributed by atoms with Crippen molar-refractivity contribution in [3.63, 3.8) is 0 Å². The Morgan fingerprint density at radius 1 is 1.27 bits per heavy atom. The van der Waals surface area contributed by atoms with Crippen molar-refractivity contribution in [2.24, 2.45) is 5.92 Å². The summed E-state index contributed by atoms with van der Waals surface area (Å²) >= 11 is 0. The maximum atomic E-state index is 10.6. The molecule has 2 nitrogen and oxygen atoms in total. The molecule has 0 aromatic rings. The molecule has 0 aromatic carbocycles. The van der Waals surface area contributed by atoms with E-state index in [-0.39, 0.29) is 0 Å². The summed E-state index contributed by atoms with van der Waals surface area (Å²) in [6, 6.07) is 0.296. The third-order valence-electron chi connectivity index (χ3n) is 4.01. The normalized spacial score (nSPS) is 24.0. The number of hydrogen-bond donors (Lipinski definition) is 2. The van der Waals surface area contributed by atoms with Crippen LogP contribution < -0.4 is 5.32 Å². The first-order chi connectivity index (χ1) is 7.18. The molecule has 2 unspecified atom stereocenters. The molecule has 2 N–H and O–H groups in total. The lowest BCUT2D eigenvalue weighted by Gasteiger charge is -2.38. The number of hydrogen-bond acceptors (Lipinski definition) is 2. The van der Waals surface area contributed by atoms with Crippen molar-refractivity contribution in [1.29, 1.82) is 0 Å². The van der Waals surface area contributed by atoms with E-state index in [1.807, 2.05) is 7.05 Å². The minimum Gasteiger partial charge on any atom is -0.388 e. The van der Waals surface area contributed by atoms with Gasteiger partial charge < -0.3 is 10.4 Å². The molecule has 2 heteroatoms. The van der Waals surface area contributed by atoms with E-state index in [4.69, 9.17) is 0 Å². The zero-order valence-electron chi connectivity index (χ0n) is 10.6. The fourth-order valence-electron chi connectivity index (χ4n) is 3.22. The minimum atomic E-state index is -0.426. The van der Waals surface area contributed by atoms with Gasteiger partial charge in [0, 0.05) is 6.04 Å². The van der Waals surface area contributed by atoms with Crippen molar-refractivity contribution >= 4 is 0 Å². The highest BCUT2D eigenvalue weighted by Gasteiger charge is 2.41. The topological polar surface area (TPSA) is 32.3 Å². The molecule has 0 aromatic heterocycles. The molecule has 0 aliphatic heterocycles. The van der Waals surface area contributed by atoms with Crippen LogP contribution >= 0.6 is 0 Å². The van der Waals surface area contributed by atoms with Crippen molar-refractivity contribution in [1.82, 2.24) is 5.32 Å². The van der Waals surface area contributed by atoms with Crippen LogP contribution in [-0.4, -0.2) is 23.8 Å². The second kappa shape index (κ2) is 5.86. The summed E-state index contributed by atoms with van der Waals surface area (Å²) in [7, 11) is 2.00. The van der Waals surface area contributed by atoms with Gasteiger partial charge in [0.1, 0.15) is 0 Å². The lowest BCUT2D eigenvalue weighted by Crippen LogP contribution is -2.52. The lowest BCUT2D eigenvalue weighted by atomic mass is 9.80. The Morgan fingerprint density at radius 3 is 2.27 bits per heavy atom. The van der Waals surface area contributed by atoms with Crippen molar-refractivity contribution in [3.05, 3.63) is 0 Å². The van der Waals surface area contributed by atoms with Gasteiger partial charge in [0.25, 0.3) is 0 Å². The van der Waals surface area contributed by atoms with Gasteiger partial charge in [-0.3, -0.25) is 0 Å². The molecule has 1 aliphatic carbocycles. The zero-order chi connectivity index (χ0) is 11.3. The van der Waals surface area contributed by atoms with Crippen molar-refractivity contribution in [2.75, 3.05) is 7.05 Å². The third kappa shape index (κ3) is 2.94. The fraction of sp³-hybridized carbons (Fsp3) is 1.00. The maximum Gasteiger partial charge on any atom is 0.0802 e. The Balaban J connectivity index is 2.66. The zero-order valence-corrected chi connectivity index (χ0v) is 10.6. The molecule has 1 fully saturated rings. The molecule has 90 valence electrons. The molecular weight excluding hydrogens is 186 g/mol. The number of aliphatic hydroxyl groups is 1. The molecule has 0 radical (unpaired) electrons. The van der Waals surface area contributed by atoms with Crippen molar-refractivity contribution in [3.8, 4) is 0 Å². The van der Waals surface area contributed by atoms with E-state index in [1.54, 1.807) is 0 Å². The van der Waals surface area contributed by atoms with Gasteiger partial charge in [-0.25, -0.2) is 0 Å². The number of rotatable bonds is 6. The second-order valence-electron chi connectivity index (χ2n) is 5.03. The highest BCUT2D eigenvalue weighted by Crippen LogP contribution is 2.37. The molecule has 1 saturated carbocycles. The molecule has 1 rings (SSSR count). The number of likely N-dealkylation sites (N-methyl/N-ethyl adjacent to an activating group) is 1. The van der Waals surface area contributed by atoms with Crippen LogP contribution in [0.3, 0.4) is 0 Å². The largest absolute Gasteiger partial charge is 0.388 e. The standard InChI is InChI=1S/C13H27NO/c1-4-8-11(5-2)12(14-3)13(15)9-6-7-10-13/h11-12,14-15H,4-10H2,1-3H3. The van der Waals surface area contributed by atoms with E-state index >= 15 is 0 Å². The summed E-state index contributed by atoms with van der Waals surface area (Å²) in [5, 5.41) is 14.0. The van der Waals surface area contributed by atoms with Crippen LogP contribution in [0.25, 0.3) is 0 Å². The van der Waals surface area contributed by atoms with Crippen LogP contribution in [0.2, 0.25) is 0 Å². The van der Waals surface area contributed by atoms with Crippen molar-refractivity contribution < 1.29 is 5.11 Å². The lowest BCUT2D eigenvalue weighted by molar-refractivity contribution is -0.0128. The summed E-state index contributed by atoms with van der Waals surface area (Å²) < 4.78 is 0. The van der Waals surface area contributed by atoms with Gasteiger partial charge in [-0.15, -0.1) is 0 Å². The first-order valence-corrected chi connectivity index (χ1v) is 6.57. The summed E-state index contributed by atoms with van der Waals surface area (Å²) in [4.78, 5) is 0. The smallest absolute Gasteiger partial charge is 0.0802 e. The third-order valence-corrected chi connectivity index (χ3v) is 4.01. The van der Waals surface area contributed by atoms with Gasteiger partial charge in [0.15, 0.2) is 0 Å². The molecule has 0 bridgehead atoms. The Labute approximate surface area is 94.5 Å². The second-order valence-corrected chi connectivity index (χ2v) is 5.03. The monoisotopic (exact) mass is 213 g/mol. The van der Waals surface area contributed by atoms with Gasteiger partial charge in [-0.1, -0.05) is 39.5 Å². The Kier molecular flexibility index (Phi) is 5.07. The van der Waals surface area contributed by atoms with Gasteiger partial charge in [0.2, 0.25) is 0 Å². The molecule has 0 amide bonds. The molecule has 2 atom stereocenters. The molecule has 0 heterocycles. The Hall–Kier alpha value is -0.0800. The molecule has 0 spiro atoms. The van der Waals surface area contributed by atoms with E-state index in [0.717, 1.165) is 12.8 Å². The Morgan fingerprint density at radius 2 is 1.87 bits per heavy atom.